The predicted octanol–water partition coefficient (Wildman–Crippen LogP) is 3.34. The number of benzene rings is 1. The van der Waals surface area contributed by atoms with Crippen LogP contribution in [0.3, 0.4) is 0 Å². The smallest absolute Gasteiger partial charge is 0.258 e. The Balaban J connectivity index is 1.84. The van der Waals surface area contributed by atoms with Crippen LogP contribution in [0.25, 0.3) is 11.5 Å². The molecule has 7 heteroatoms. The topological polar surface area (TPSA) is 72.1 Å². The second-order valence-electron chi connectivity index (χ2n) is 5.43. The highest BCUT2D eigenvalue weighted by Gasteiger charge is 2.20. The van der Waals surface area contributed by atoms with Gasteiger partial charge in [0.15, 0.2) is 5.82 Å². The van der Waals surface area contributed by atoms with Crippen LogP contribution in [0.4, 0.5) is 0 Å². The minimum Gasteiger partial charge on any atom is -0.336 e. The fraction of sp³-hybridized carbons (Fsp3) is 0.294. The average Bonchev–Trinajstić information content (AvgIpc) is 3.23. The average molecular weight is 342 g/mol. The van der Waals surface area contributed by atoms with Gasteiger partial charge in [0.25, 0.3) is 11.8 Å². The number of nitrogens with zero attached hydrogens (tertiary/aromatic N) is 4. The van der Waals surface area contributed by atoms with Crippen LogP contribution in [0.2, 0.25) is 0 Å². The molecular formula is C17H18N4O2S. The van der Waals surface area contributed by atoms with Gasteiger partial charge in [0.2, 0.25) is 0 Å². The molecule has 0 spiro atoms. The van der Waals surface area contributed by atoms with E-state index in [1.807, 2.05) is 24.4 Å². The van der Waals surface area contributed by atoms with Crippen molar-refractivity contribution < 1.29 is 9.32 Å². The molecule has 124 valence electrons. The van der Waals surface area contributed by atoms with E-state index in [4.69, 9.17) is 4.52 Å². The van der Waals surface area contributed by atoms with Crippen molar-refractivity contribution in [2.75, 3.05) is 7.05 Å². The molecule has 3 aromatic rings. The Hall–Kier alpha value is -2.54. The number of rotatable bonds is 5. The quantitative estimate of drug-likeness (QED) is 0.711. The number of amides is 1. The maximum absolute atomic E-state index is 12.8. The standard InChI is InChI=1S/C17H18N4O2S/c1-4-15-18-9-12(24-15)10-21(3)17(22)14-8-6-5-7-13(14)16-19-11(2)20-23-16/h5-9H,4,10H2,1-3H3. The monoisotopic (exact) mass is 342 g/mol. The third-order valence-electron chi connectivity index (χ3n) is 3.56. The molecule has 1 aromatic carbocycles. The highest BCUT2D eigenvalue weighted by atomic mass is 32.1. The molecule has 3 rings (SSSR count). The SMILES string of the molecule is CCc1ncc(CN(C)C(=O)c2ccccc2-c2nc(C)no2)s1. The van der Waals surface area contributed by atoms with E-state index in [-0.39, 0.29) is 5.91 Å². The first-order chi connectivity index (χ1) is 11.6. The van der Waals surface area contributed by atoms with Crippen molar-refractivity contribution in [1.82, 2.24) is 20.0 Å². The van der Waals surface area contributed by atoms with Gasteiger partial charge < -0.3 is 9.42 Å². The zero-order chi connectivity index (χ0) is 17.1. The van der Waals surface area contributed by atoms with E-state index in [2.05, 4.69) is 22.0 Å². The van der Waals surface area contributed by atoms with Crippen LogP contribution in [0, 0.1) is 6.92 Å². The molecule has 0 atom stereocenters. The number of aromatic nitrogens is 3. The molecule has 0 fully saturated rings. The number of hydrogen-bond donors (Lipinski definition) is 0. The Bertz CT molecular complexity index is 856. The van der Waals surface area contributed by atoms with Crippen LogP contribution < -0.4 is 0 Å². The lowest BCUT2D eigenvalue weighted by Gasteiger charge is -2.17. The van der Waals surface area contributed by atoms with Gasteiger partial charge in [-0.1, -0.05) is 24.2 Å². The third kappa shape index (κ3) is 3.35. The van der Waals surface area contributed by atoms with Crippen molar-refractivity contribution in [2.24, 2.45) is 0 Å². The minimum absolute atomic E-state index is 0.0899. The molecule has 0 saturated carbocycles. The number of carbonyl (C=O) groups is 1. The van der Waals surface area contributed by atoms with Crippen molar-refractivity contribution in [2.45, 2.75) is 26.8 Å². The Morgan fingerprint density at radius 1 is 1.33 bits per heavy atom. The summed E-state index contributed by atoms with van der Waals surface area (Å²) < 4.78 is 5.22. The number of carbonyl (C=O) groups excluding carboxylic acids is 1. The van der Waals surface area contributed by atoms with Gasteiger partial charge >= 0.3 is 0 Å². The van der Waals surface area contributed by atoms with Gasteiger partial charge in [0.1, 0.15) is 0 Å². The lowest BCUT2D eigenvalue weighted by atomic mass is 10.1. The van der Waals surface area contributed by atoms with Gasteiger partial charge in [-0.3, -0.25) is 4.79 Å². The molecule has 0 unspecified atom stereocenters. The first kappa shape index (κ1) is 16.3. The molecule has 0 saturated heterocycles. The number of aryl methyl sites for hydroxylation is 2. The Labute approximate surface area is 144 Å². The normalized spacial score (nSPS) is 10.8. The molecule has 0 aliphatic heterocycles. The molecule has 0 aliphatic rings. The molecular weight excluding hydrogens is 324 g/mol. The van der Waals surface area contributed by atoms with Crippen molar-refractivity contribution in [3.05, 3.63) is 51.7 Å². The maximum Gasteiger partial charge on any atom is 0.258 e. The van der Waals surface area contributed by atoms with Crippen LogP contribution in [0.5, 0.6) is 0 Å². The lowest BCUT2D eigenvalue weighted by molar-refractivity contribution is 0.0787. The van der Waals surface area contributed by atoms with E-state index in [9.17, 15) is 4.79 Å². The van der Waals surface area contributed by atoms with Gasteiger partial charge in [0.05, 0.1) is 22.7 Å². The fourth-order valence-electron chi connectivity index (χ4n) is 2.36. The van der Waals surface area contributed by atoms with E-state index < -0.39 is 0 Å². The molecule has 0 aliphatic carbocycles. The van der Waals surface area contributed by atoms with Gasteiger partial charge in [-0.05, 0) is 25.5 Å². The molecule has 2 heterocycles. The van der Waals surface area contributed by atoms with E-state index in [0.717, 1.165) is 16.3 Å². The molecule has 0 radical (unpaired) electrons. The summed E-state index contributed by atoms with van der Waals surface area (Å²) in [4.78, 5) is 24.1. The second kappa shape index (κ2) is 6.92. The van der Waals surface area contributed by atoms with Crippen LogP contribution in [-0.2, 0) is 13.0 Å². The van der Waals surface area contributed by atoms with Crippen LogP contribution in [-0.4, -0.2) is 33.0 Å². The van der Waals surface area contributed by atoms with Crippen LogP contribution in [0.1, 0.15) is 33.0 Å². The predicted molar refractivity (Wildman–Crippen MR) is 91.8 cm³/mol. The molecule has 24 heavy (non-hydrogen) atoms. The summed E-state index contributed by atoms with van der Waals surface area (Å²) in [5.41, 5.74) is 1.19. The van der Waals surface area contributed by atoms with E-state index in [1.165, 1.54) is 0 Å². The molecule has 1 amide bonds. The first-order valence-corrected chi connectivity index (χ1v) is 8.49. The number of hydrogen-bond acceptors (Lipinski definition) is 6. The minimum atomic E-state index is -0.0899. The maximum atomic E-state index is 12.8. The van der Waals surface area contributed by atoms with Crippen molar-refractivity contribution in [1.29, 1.82) is 0 Å². The summed E-state index contributed by atoms with van der Waals surface area (Å²) in [5.74, 6) is 0.807. The largest absolute Gasteiger partial charge is 0.336 e. The zero-order valence-corrected chi connectivity index (χ0v) is 14.6. The van der Waals surface area contributed by atoms with Gasteiger partial charge in [-0.2, -0.15) is 4.98 Å². The Kier molecular flexibility index (Phi) is 4.71. The van der Waals surface area contributed by atoms with Crippen molar-refractivity contribution in [3.8, 4) is 11.5 Å². The van der Waals surface area contributed by atoms with Gasteiger partial charge in [-0.15, -0.1) is 11.3 Å². The van der Waals surface area contributed by atoms with Gasteiger partial charge in [-0.25, -0.2) is 4.98 Å². The highest BCUT2D eigenvalue weighted by molar-refractivity contribution is 7.11. The van der Waals surface area contributed by atoms with E-state index in [1.54, 1.807) is 36.3 Å². The summed E-state index contributed by atoms with van der Waals surface area (Å²) in [5, 5.41) is 4.88. The Morgan fingerprint density at radius 3 is 2.79 bits per heavy atom. The molecule has 6 nitrogen and oxygen atoms in total. The van der Waals surface area contributed by atoms with Crippen LogP contribution in [0.15, 0.2) is 35.0 Å². The fourth-order valence-corrected chi connectivity index (χ4v) is 3.27. The van der Waals surface area contributed by atoms with Gasteiger partial charge in [0, 0.05) is 18.1 Å². The Morgan fingerprint density at radius 2 is 2.12 bits per heavy atom. The molecule has 0 N–H and O–H groups in total. The summed E-state index contributed by atoms with van der Waals surface area (Å²) in [6.45, 7) is 4.34. The molecule has 2 aromatic heterocycles. The molecule has 0 bridgehead atoms. The summed E-state index contributed by atoms with van der Waals surface area (Å²) in [7, 11) is 1.78. The first-order valence-electron chi connectivity index (χ1n) is 7.67. The summed E-state index contributed by atoms with van der Waals surface area (Å²) in [6, 6.07) is 7.27. The summed E-state index contributed by atoms with van der Waals surface area (Å²) >= 11 is 1.63. The summed E-state index contributed by atoms with van der Waals surface area (Å²) in [6.07, 6.45) is 2.74. The highest BCUT2D eigenvalue weighted by Crippen LogP contribution is 2.24. The number of thiazole rings is 1. The van der Waals surface area contributed by atoms with E-state index >= 15 is 0 Å². The van der Waals surface area contributed by atoms with Crippen LogP contribution >= 0.6 is 11.3 Å². The van der Waals surface area contributed by atoms with Crippen molar-refractivity contribution >= 4 is 17.2 Å². The van der Waals surface area contributed by atoms with Crippen molar-refractivity contribution in [3.63, 3.8) is 0 Å². The second-order valence-corrected chi connectivity index (χ2v) is 6.63. The zero-order valence-electron chi connectivity index (χ0n) is 13.8. The lowest BCUT2D eigenvalue weighted by Crippen LogP contribution is -2.26. The van der Waals surface area contributed by atoms with E-state index in [0.29, 0.717) is 29.4 Å². The third-order valence-corrected chi connectivity index (χ3v) is 4.69.